The lowest BCUT2D eigenvalue weighted by Crippen LogP contribution is -2.29. The molecular formula is C16H22N4S. The van der Waals surface area contributed by atoms with Gasteiger partial charge >= 0.3 is 0 Å². The van der Waals surface area contributed by atoms with Gasteiger partial charge in [-0.05, 0) is 31.4 Å². The van der Waals surface area contributed by atoms with Crippen LogP contribution in [0.15, 0.2) is 23.4 Å². The summed E-state index contributed by atoms with van der Waals surface area (Å²) in [5, 5.41) is 9.61. The molecule has 0 bridgehead atoms. The zero-order valence-electron chi connectivity index (χ0n) is 12.9. The van der Waals surface area contributed by atoms with E-state index < -0.39 is 0 Å². The summed E-state index contributed by atoms with van der Waals surface area (Å²) in [5.74, 6) is 2.05. The molecule has 0 fully saturated rings. The van der Waals surface area contributed by atoms with Crippen LogP contribution in [0.25, 0.3) is 0 Å². The number of thioether (sulfide) groups is 1. The smallest absolute Gasteiger partial charge is 0.210 e. The topological polar surface area (TPSA) is 42.7 Å². The van der Waals surface area contributed by atoms with E-state index in [0.717, 1.165) is 29.6 Å². The largest absolute Gasteiger partial charge is 0.314 e. The number of unbranched alkanes of at least 4 members (excludes halogenated alkanes) is 1. The van der Waals surface area contributed by atoms with Crippen LogP contribution in [0.5, 0.6) is 0 Å². The quantitative estimate of drug-likeness (QED) is 0.936. The van der Waals surface area contributed by atoms with Crippen LogP contribution in [-0.2, 0) is 6.42 Å². The average Bonchev–Trinajstić information content (AvgIpc) is 2.90. The Balaban J connectivity index is 1.86. The summed E-state index contributed by atoms with van der Waals surface area (Å²) in [7, 11) is 0. The summed E-state index contributed by atoms with van der Waals surface area (Å²) in [4.78, 5) is 0. The molecule has 0 amide bonds. The van der Waals surface area contributed by atoms with E-state index in [1.807, 2.05) is 0 Å². The second kappa shape index (κ2) is 6.10. The summed E-state index contributed by atoms with van der Waals surface area (Å²) in [6, 6.07) is 6.98. The molecule has 4 nitrogen and oxygen atoms in total. The molecule has 1 unspecified atom stereocenters. The second-order valence-electron chi connectivity index (χ2n) is 5.69. The third-order valence-corrected chi connectivity index (χ3v) is 4.95. The maximum Gasteiger partial charge on any atom is 0.210 e. The predicted molar refractivity (Wildman–Crippen MR) is 87.4 cm³/mol. The number of aryl methyl sites for hydroxylation is 3. The summed E-state index contributed by atoms with van der Waals surface area (Å²) >= 11 is 1.79. The molecule has 112 valence electrons. The first kappa shape index (κ1) is 14.4. The Morgan fingerprint density at radius 1 is 1.33 bits per heavy atom. The molecule has 21 heavy (non-hydrogen) atoms. The van der Waals surface area contributed by atoms with Crippen LogP contribution in [0.4, 0.5) is 0 Å². The Morgan fingerprint density at radius 3 is 3.00 bits per heavy atom. The molecule has 1 aromatic heterocycles. The number of benzene rings is 1. The van der Waals surface area contributed by atoms with Crippen LogP contribution in [0.3, 0.4) is 0 Å². The van der Waals surface area contributed by atoms with E-state index in [-0.39, 0.29) is 0 Å². The highest BCUT2D eigenvalue weighted by Crippen LogP contribution is 2.31. The Labute approximate surface area is 130 Å². The van der Waals surface area contributed by atoms with Crippen molar-refractivity contribution in [1.82, 2.24) is 14.9 Å². The summed E-state index contributed by atoms with van der Waals surface area (Å²) in [6.07, 6.45) is 3.31. The minimum Gasteiger partial charge on any atom is -0.314 e. The highest BCUT2D eigenvalue weighted by Gasteiger charge is 2.24. The SMILES string of the molecule is CCCCc1nnc2n1NC(c1cc(C)ccc1C)CS2. The molecule has 0 radical (unpaired) electrons. The van der Waals surface area contributed by atoms with Crippen molar-refractivity contribution in [3.63, 3.8) is 0 Å². The first-order valence-corrected chi connectivity index (χ1v) is 8.58. The molecular weight excluding hydrogens is 280 g/mol. The van der Waals surface area contributed by atoms with E-state index in [2.05, 4.69) is 59.3 Å². The zero-order chi connectivity index (χ0) is 14.8. The van der Waals surface area contributed by atoms with E-state index in [9.17, 15) is 0 Å². The molecule has 0 aliphatic carbocycles. The highest BCUT2D eigenvalue weighted by atomic mass is 32.2. The lowest BCUT2D eigenvalue weighted by Gasteiger charge is -2.27. The molecule has 1 aliphatic heterocycles. The van der Waals surface area contributed by atoms with Crippen LogP contribution in [-0.4, -0.2) is 20.6 Å². The molecule has 2 heterocycles. The van der Waals surface area contributed by atoms with E-state index in [1.54, 1.807) is 11.8 Å². The lowest BCUT2D eigenvalue weighted by molar-refractivity contribution is 0.617. The van der Waals surface area contributed by atoms with Gasteiger partial charge in [0.05, 0.1) is 6.04 Å². The van der Waals surface area contributed by atoms with Crippen molar-refractivity contribution in [2.24, 2.45) is 0 Å². The molecule has 1 aliphatic rings. The van der Waals surface area contributed by atoms with Crippen LogP contribution < -0.4 is 5.43 Å². The van der Waals surface area contributed by atoms with Crippen LogP contribution in [0.1, 0.15) is 48.3 Å². The predicted octanol–water partition coefficient (Wildman–Crippen LogP) is 3.63. The van der Waals surface area contributed by atoms with Gasteiger partial charge in [-0.1, -0.05) is 48.9 Å². The molecule has 1 aromatic carbocycles. The van der Waals surface area contributed by atoms with Gasteiger partial charge in [0, 0.05) is 12.2 Å². The van der Waals surface area contributed by atoms with Crippen molar-refractivity contribution < 1.29 is 0 Å². The Kier molecular flexibility index (Phi) is 4.19. The number of rotatable bonds is 4. The van der Waals surface area contributed by atoms with E-state index >= 15 is 0 Å². The fraction of sp³-hybridized carbons (Fsp3) is 0.500. The van der Waals surface area contributed by atoms with Crippen molar-refractivity contribution in [2.45, 2.75) is 51.2 Å². The van der Waals surface area contributed by atoms with E-state index in [4.69, 9.17) is 0 Å². The molecule has 0 saturated heterocycles. The maximum atomic E-state index is 4.33. The van der Waals surface area contributed by atoms with Crippen LogP contribution in [0.2, 0.25) is 0 Å². The molecule has 5 heteroatoms. The van der Waals surface area contributed by atoms with Crippen molar-refractivity contribution in [3.8, 4) is 0 Å². The summed E-state index contributed by atoms with van der Waals surface area (Å²) in [5.41, 5.74) is 7.63. The monoisotopic (exact) mass is 302 g/mol. The van der Waals surface area contributed by atoms with E-state index in [0.29, 0.717) is 6.04 Å². The minimum atomic E-state index is 0.318. The number of hydrogen-bond acceptors (Lipinski definition) is 4. The Morgan fingerprint density at radius 2 is 2.19 bits per heavy atom. The first-order valence-electron chi connectivity index (χ1n) is 7.60. The lowest BCUT2D eigenvalue weighted by atomic mass is 10.0. The molecule has 1 atom stereocenters. The van der Waals surface area contributed by atoms with E-state index in [1.165, 1.54) is 23.1 Å². The molecule has 0 spiro atoms. The third-order valence-electron chi connectivity index (χ3n) is 3.93. The van der Waals surface area contributed by atoms with Gasteiger partial charge in [0.1, 0.15) is 0 Å². The van der Waals surface area contributed by atoms with Crippen molar-refractivity contribution >= 4 is 11.8 Å². The molecule has 1 N–H and O–H groups in total. The number of fused-ring (bicyclic) bond motifs is 1. The standard InChI is InChI=1S/C16H22N4S/c1-4-5-6-15-17-18-16-20(15)19-14(10-21-16)13-9-11(2)7-8-12(13)3/h7-9,14,19H,4-6,10H2,1-3H3. The number of hydrogen-bond donors (Lipinski definition) is 1. The third kappa shape index (κ3) is 2.93. The average molecular weight is 302 g/mol. The Hall–Kier alpha value is -1.49. The number of aromatic nitrogens is 3. The fourth-order valence-electron chi connectivity index (χ4n) is 2.67. The second-order valence-corrected chi connectivity index (χ2v) is 6.68. The van der Waals surface area contributed by atoms with Gasteiger partial charge in [-0.15, -0.1) is 10.2 Å². The minimum absolute atomic E-state index is 0.318. The molecule has 2 aromatic rings. The first-order chi connectivity index (χ1) is 10.2. The van der Waals surface area contributed by atoms with Gasteiger partial charge < -0.3 is 5.43 Å². The fourth-order valence-corrected chi connectivity index (χ4v) is 3.62. The normalized spacial score (nSPS) is 17.4. The number of nitrogens with zero attached hydrogens (tertiary/aromatic N) is 3. The maximum absolute atomic E-state index is 4.33. The highest BCUT2D eigenvalue weighted by molar-refractivity contribution is 7.99. The van der Waals surface area contributed by atoms with Gasteiger partial charge in [0.25, 0.3) is 0 Å². The molecule has 3 rings (SSSR count). The van der Waals surface area contributed by atoms with Crippen molar-refractivity contribution in [3.05, 3.63) is 40.7 Å². The van der Waals surface area contributed by atoms with Gasteiger partial charge in [-0.25, -0.2) is 4.68 Å². The van der Waals surface area contributed by atoms with Gasteiger partial charge in [0.15, 0.2) is 5.82 Å². The summed E-state index contributed by atoms with van der Waals surface area (Å²) in [6.45, 7) is 6.53. The van der Waals surface area contributed by atoms with Crippen LogP contribution in [0, 0.1) is 13.8 Å². The molecule has 0 saturated carbocycles. The summed E-state index contributed by atoms with van der Waals surface area (Å²) < 4.78 is 2.09. The van der Waals surface area contributed by atoms with Crippen molar-refractivity contribution in [1.29, 1.82) is 0 Å². The number of nitrogens with one attached hydrogen (secondary N) is 1. The van der Waals surface area contributed by atoms with Crippen molar-refractivity contribution in [2.75, 3.05) is 11.2 Å². The van der Waals surface area contributed by atoms with Crippen LogP contribution >= 0.6 is 11.8 Å². The Bertz CT molecular complexity index is 635. The van der Waals surface area contributed by atoms with Gasteiger partial charge in [-0.3, -0.25) is 0 Å². The zero-order valence-corrected chi connectivity index (χ0v) is 13.7. The van der Waals surface area contributed by atoms with Gasteiger partial charge in [0.2, 0.25) is 5.16 Å². The van der Waals surface area contributed by atoms with Gasteiger partial charge in [-0.2, -0.15) is 0 Å².